The first kappa shape index (κ1) is 15.1. The highest BCUT2D eigenvalue weighted by Crippen LogP contribution is 2.19. The Morgan fingerprint density at radius 3 is 2.80 bits per heavy atom. The summed E-state index contributed by atoms with van der Waals surface area (Å²) in [5.41, 5.74) is 7.04. The first-order chi connectivity index (χ1) is 9.60. The Labute approximate surface area is 125 Å². The van der Waals surface area contributed by atoms with E-state index in [2.05, 4.69) is 6.92 Å². The van der Waals surface area contributed by atoms with E-state index in [1.54, 1.807) is 6.08 Å². The van der Waals surface area contributed by atoms with Crippen molar-refractivity contribution in [3.05, 3.63) is 40.9 Å². The van der Waals surface area contributed by atoms with E-state index in [0.717, 1.165) is 31.5 Å². The van der Waals surface area contributed by atoms with Crippen LogP contribution in [0.5, 0.6) is 0 Å². The van der Waals surface area contributed by atoms with Gasteiger partial charge in [-0.25, -0.2) is 0 Å². The Morgan fingerprint density at radius 2 is 2.15 bits per heavy atom. The summed E-state index contributed by atoms with van der Waals surface area (Å²) in [5, 5.41) is 0.698. The van der Waals surface area contributed by atoms with E-state index in [4.69, 9.17) is 17.3 Å². The maximum absolute atomic E-state index is 12.2. The molecule has 1 aromatic carbocycles. The predicted molar refractivity (Wildman–Crippen MR) is 83.4 cm³/mol. The summed E-state index contributed by atoms with van der Waals surface area (Å²) >= 11 is 5.83. The Balaban J connectivity index is 1.96. The fourth-order valence-corrected chi connectivity index (χ4v) is 2.66. The van der Waals surface area contributed by atoms with E-state index in [9.17, 15) is 4.79 Å². The summed E-state index contributed by atoms with van der Waals surface area (Å²) in [6.45, 7) is 3.64. The quantitative estimate of drug-likeness (QED) is 0.871. The lowest BCUT2D eigenvalue weighted by Gasteiger charge is -2.36. The SMILES string of the molecule is CCC1CN(C(=O)/C=C/c2ccc(Cl)cc2)CCC1N. The second-order valence-corrected chi connectivity index (χ2v) is 5.73. The largest absolute Gasteiger partial charge is 0.339 e. The zero-order valence-electron chi connectivity index (χ0n) is 11.8. The molecule has 1 heterocycles. The normalized spacial score (nSPS) is 23.2. The summed E-state index contributed by atoms with van der Waals surface area (Å²) < 4.78 is 0. The molecule has 4 heteroatoms. The van der Waals surface area contributed by atoms with Crippen LogP contribution in [0.15, 0.2) is 30.3 Å². The zero-order chi connectivity index (χ0) is 14.5. The van der Waals surface area contributed by atoms with Crippen molar-refractivity contribution in [2.24, 2.45) is 11.7 Å². The van der Waals surface area contributed by atoms with Gasteiger partial charge in [0.05, 0.1) is 0 Å². The minimum Gasteiger partial charge on any atom is -0.339 e. The van der Waals surface area contributed by atoms with Crippen LogP contribution < -0.4 is 5.73 Å². The highest BCUT2D eigenvalue weighted by molar-refractivity contribution is 6.30. The highest BCUT2D eigenvalue weighted by Gasteiger charge is 2.26. The first-order valence-corrected chi connectivity index (χ1v) is 7.46. The molecule has 0 radical (unpaired) electrons. The van der Waals surface area contributed by atoms with Crippen LogP contribution in [-0.4, -0.2) is 29.9 Å². The number of piperidine rings is 1. The lowest BCUT2D eigenvalue weighted by Crippen LogP contribution is -2.48. The van der Waals surface area contributed by atoms with E-state index < -0.39 is 0 Å². The van der Waals surface area contributed by atoms with Gasteiger partial charge >= 0.3 is 0 Å². The minimum absolute atomic E-state index is 0.0605. The number of hydrogen-bond donors (Lipinski definition) is 1. The number of likely N-dealkylation sites (tertiary alicyclic amines) is 1. The maximum Gasteiger partial charge on any atom is 0.246 e. The van der Waals surface area contributed by atoms with Gasteiger partial charge in [0.15, 0.2) is 0 Å². The monoisotopic (exact) mass is 292 g/mol. The molecule has 3 nitrogen and oxygen atoms in total. The standard InChI is InChI=1S/C16H21ClN2O/c1-2-13-11-19(10-9-15(13)18)16(20)8-5-12-3-6-14(17)7-4-12/h3-8,13,15H,2,9-11,18H2,1H3/b8-5+. The van der Waals surface area contributed by atoms with E-state index in [-0.39, 0.29) is 11.9 Å². The maximum atomic E-state index is 12.2. The van der Waals surface area contributed by atoms with Crippen molar-refractivity contribution in [3.63, 3.8) is 0 Å². The van der Waals surface area contributed by atoms with Gasteiger partial charge in [-0.3, -0.25) is 4.79 Å². The van der Waals surface area contributed by atoms with Crippen molar-refractivity contribution in [1.82, 2.24) is 4.90 Å². The number of carbonyl (C=O) groups excluding carboxylic acids is 1. The Morgan fingerprint density at radius 1 is 1.45 bits per heavy atom. The van der Waals surface area contributed by atoms with Crippen molar-refractivity contribution >= 4 is 23.6 Å². The molecule has 1 saturated heterocycles. The van der Waals surface area contributed by atoms with Gasteiger partial charge in [0.2, 0.25) is 5.91 Å². The van der Waals surface area contributed by atoms with E-state index in [1.165, 1.54) is 0 Å². The van der Waals surface area contributed by atoms with Gasteiger partial charge in [-0.15, -0.1) is 0 Å². The fourth-order valence-electron chi connectivity index (χ4n) is 2.53. The first-order valence-electron chi connectivity index (χ1n) is 7.08. The summed E-state index contributed by atoms with van der Waals surface area (Å²) in [6, 6.07) is 7.65. The van der Waals surface area contributed by atoms with E-state index >= 15 is 0 Å². The van der Waals surface area contributed by atoms with Gasteiger partial charge in [-0.1, -0.05) is 37.1 Å². The van der Waals surface area contributed by atoms with Crippen LogP contribution in [0.4, 0.5) is 0 Å². The second-order valence-electron chi connectivity index (χ2n) is 5.29. The second kappa shape index (κ2) is 6.91. The average Bonchev–Trinajstić information content (AvgIpc) is 2.47. The van der Waals surface area contributed by atoms with Crippen LogP contribution in [-0.2, 0) is 4.79 Å². The molecule has 0 saturated carbocycles. The van der Waals surface area contributed by atoms with E-state index in [0.29, 0.717) is 10.9 Å². The third-order valence-corrected chi connectivity index (χ3v) is 4.17. The lowest BCUT2D eigenvalue weighted by molar-refractivity contribution is -0.127. The molecule has 1 aliphatic heterocycles. The zero-order valence-corrected chi connectivity index (χ0v) is 12.5. The van der Waals surface area contributed by atoms with Gasteiger partial charge in [0, 0.05) is 30.2 Å². The minimum atomic E-state index is 0.0605. The predicted octanol–water partition coefficient (Wildman–Crippen LogP) is 2.94. The topological polar surface area (TPSA) is 46.3 Å². The molecule has 1 aliphatic rings. The Kier molecular flexibility index (Phi) is 5.21. The third-order valence-electron chi connectivity index (χ3n) is 3.92. The molecule has 0 aliphatic carbocycles. The number of nitrogens with two attached hydrogens (primary N) is 1. The van der Waals surface area contributed by atoms with Crippen molar-refractivity contribution in [2.45, 2.75) is 25.8 Å². The highest BCUT2D eigenvalue weighted by atomic mass is 35.5. The van der Waals surface area contributed by atoms with Crippen molar-refractivity contribution in [2.75, 3.05) is 13.1 Å². The molecule has 0 bridgehead atoms. The van der Waals surface area contributed by atoms with Crippen LogP contribution in [0.1, 0.15) is 25.3 Å². The molecule has 2 N–H and O–H groups in total. The molecule has 2 rings (SSSR count). The summed E-state index contributed by atoms with van der Waals surface area (Å²) in [5.74, 6) is 0.474. The molecular formula is C16H21ClN2O. The molecule has 0 spiro atoms. The molecule has 2 atom stereocenters. The molecule has 1 aromatic rings. The molecule has 0 aromatic heterocycles. The smallest absolute Gasteiger partial charge is 0.246 e. The molecule has 20 heavy (non-hydrogen) atoms. The van der Waals surface area contributed by atoms with Crippen LogP contribution in [0.25, 0.3) is 6.08 Å². The number of hydrogen-bond acceptors (Lipinski definition) is 2. The van der Waals surface area contributed by atoms with E-state index in [1.807, 2.05) is 35.2 Å². The molecule has 2 unspecified atom stereocenters. The van der Waals surface area contributed by atoms with Crippen molar-refractivity contribution in [3.8, 4) is 0 Å². The van der Waals surface area contributed by atoms with Gasteiger partial charge in [-0.05, 0) is 36.1 Å². The molecule has 1 fully saturated rings. The fraction of sp³-hybridized carbons (Fsp3) is 0.438. The summed E-state index contributed by atoms with van der Waals surface area (Å²) in [6.07, 6.45) is 5.37. The number of carbonyl (C=O) groups is 1. The lowest BCUT2D eigenvalue weighted by atomic mass is 9.90. The Hall–Kier alpha value is -1.32. The van der Waals surface area contributed by atoms with Gasteiger partial charge in [-0.2, -0.15) is 0 Å². The number of rotatable bonds is 3. The van der Waals surface area contributed by atoms with Gasteiger partial charge < -0.3 is 10.6 Å². The molecule has 1 amide bonds. The Bertz CT molecular complexity index is 484. The summed E-state index contributed by atoms with van der Waals surface area (Å²) in [4.78, 5) is 14.1. The molecular weight excluding hydrogens is 272 g/mol. The van der Waals surface area contributed by atoms with Crippen molar-refractivity contribution in [1.29, 1.82) is 0 Å². The van der Waals surface area contributed by atoms with Gasteiger partial charge in [0.1, 0.15) is 0 Å². The van der Waals surface area contributed by atoms with Crippen LogP contribution in [0.3, 0.4) is 0 Å². The van der Waals surface area contributed by atoms with Gasteiger partial charge in [0.25, 0.3) is 0 Å². The number of halogens is 1. The average molecular weight is 293 g/mol. The number of amides is 1. The third kappa shape index (κ3) is 3.84. The summed E-state index contributed by atoms with van der Waals surface area (Å²) in [7, 11) is 0. The molecule has 108 valence electrons. The number of nitrogens with zero attached hydrogens (tertiary/aromatic N) is 1. The van der Waals surface area contributed by atoms with Crippen LogP contribution in [0, 0.1) is 5.92 Å². The van der Waals surface area contributed by atoms with Crippen LogP contribution in [0.2, 0.25) is 5.02 Å². The van der Waals surface area contributed by atoms with Crippen LogP contribution >= 0.6 is 11.6 Å². The number of benzene rings is 1. The van der Waals surface area contributed by atoms with Crippen molar-refractivity contribution < 1.29 is 4.79 Å².